The molecule has 1 aromatic heterocycles. The van der Waals surface area contributed by atoms with Gasteiger partial charge in [0.05, 0.1) is 9.96 Å². The highest BCUT2D eigenvalue weighted by Crippen LogP contribution is 2.41. The van der Waals surface area contributed by atoms with Gasteiger partial charge in [0.2, 0.25) is 18.1 Å². The van der Waals surface area contributed by atoms with E-state index in [1.165, 1.54) is 36.0 Å². The molecule has 1 aromatic carbocycles. The minimum Gasteiger partial charge on any atom is -0.457 e. The SMILES string of the molecule is CC(C)(C)OC(=O)CO/N=C(\C(=O)NC1C(=O)N2C(C(=O)OCc3ccc([N+](=O)[O-])cc3)=C(Cl)CS[C@H]12)c1nsc(N)n1. The Morgan fingerprint density at radius 3 is 2.58 bits per heavy atom. The van der Waals surface area contributed by atoms with Crippen molar-refractivity contribution in [3.8, 4) is 0 Å². The third-order valence-corrected chi connectivity index (χ3v) is 7.84. The second-order valence-corrected chi connectivity index (χ2v) is 12.2. The molecule has 2 aliphatic rings. The van der Waals surface area contributed by atoms with Crippen molar-refractivity contribution < 1.29 is 38.4 Å². The Kier molecular flexibility index (Phi) is 9.51. The molecule has 0 bridgehead atoms. The number of nitrogens with two attached hydrogens (primary N) is 1. The second-order valence-electron chi connectivity index (χ2n) is 9.87. The van der Waals surface area contributed by atoms with E-state index in [-0.39, 0.29) is 39.7 Å². The number of nitro benzene ring substituents is 1. The third kappa shape index (κ3) is 7.57. The minimum atomic E-state index is -1.09. The zero-order valence-electron chi connectivity index (χ0n) is 22.8. The zero-order valence-corrected chi connectivity index (χ0v) is 25.2. The van der Waals surface area contributed by atoms with Crippen molar-refractivity contribution in [3.63, 3.8) is 0 Å². The van der Waals surface area contributed by atoms with Gasteiger partial charge >= 0.3 is 11.9 Å². The number of anilines is 1. The lowest BCUT2D eigenvalue weighted by Crippen LogP contribution is -2.71. The first kappa shape index (κ1) is 31.6. The first-order valence-corrected chi connectivity index (χ1v) is 14.5. The van der Waals surface area contributed by atoms with Crippen molar-refractivity contribution in [2.24, 2.45) is 5.16 Å². The number of thioether (sulfide) groups is 1. The molecule has 2 atom stereocenters. The Labute approximate surface area is 256 Å². The second kappa shape index (κ2) is 12.9. The number of oxime groups is 1. The predicted octanol–water partition coefficient (Wildman–Crippen LogP) is 1.68. The van der Waals surface area contributed by atoms with Crippen molar-refractivity contribution in [3.05, 3.63) is 56.5 Å². The standard InChI is InChI=1S/C24H24ClN7O9S2/c1-24(2,3)41-14(33)9-40-29-15(18-28-23(26)43-30-18)19(34)27-16-20(35)31-17(13(25)10-42-21(16)31)22(36)39-8-11-4-6-12(7-5-11)32(37)38/h4-7,16,21H,8-10H2,1-3H3,(H,27,34)(H2,26,28,30)/b29-15-/t16?,21-/m1/s1. The van der Waals surface area contributed by atoms with E-state index < -0.39 is 58.0 Å². The number of benzene rings is 1. The molecule has 0 spiro atoms. The summed E-state index contributed by atoms with van der Waals surface area (Å²) in [6.07, 6.45) is 0. The zero-order chi connectivity index (χ0) is 31.5. The number of β-lactam (4-membered cyclic amide) rings is 1. The summed E-state index contributed by atoms with van der Waals surface area (Å²) in [5, 5.41) is 16.5. The summed E-state index contributed by atoms with van der Waals surface area (Å²) in [5.41, 5.74) is 4.61. The maximum atomic E-state index is 13.2. The van der Waals surface area contributed by atoms with Gasteiger partial charge in [0, 0.05) is 29.4 Å². The maximum Gasteiger partial charge on any atom is 0.356 e. The van der Waals surface area contributed by atoms with Gasteiger partial charge in [-0.2, -0.15) is 9.36 Å². The van der Waals surface area contributed by atoms with Crippen LogP contribution in [0.4, 0.5) is 10.8 Å². The molecule has 228 valence electrons. The Morgan fingerprint density at radius 1 is 1.28 bits per heavy atom. The van der Waals surface area contributed by atoms with Crippen LogP contribution in [-0.4, -0.2) is 78.0 Å². The van der Waals surface area contributed by atoms with E-state index >= 15 is 0 Å². The topological polar surface area (TPSA) is 219 Å². The molecule has 0 saturated carbocycles. The molecule has 2 amide bonds. The normalized spacial score (nSPS) is 18.4. The van der Waals surface area contributed by atoms with Crippen LogP contribution < -0.4 is 11.1 Å². The summed E-state index contributed by atoms with van der Waals surface area (Å²) in [6, 6.07) is 4.31. The first-order chi connectivity index (χ1) is 20.2. The van der Waals surface area contributed by atoms with Crippen molar-refractivity contribution in [2.75, 3.05) is 18.1 Å². The maximum absolute atomic E-state index is 13.2. The van der Waals surface area contributed by atoms with Crippen molar-refractivity contribution >= 4 is 75.2 Å². The number of ether oxygens (including phenoxy) is 2. The highest BCUT2D eigenvalue weighted by Gasteiger charge is 2.54. The number of nitrogen functional groups attached to an aromatic ring is 1. The number of rotatable bonds is 10. The Bertz CT molecular complexity index is 1520. The van der Waals surface area contributed by atoms with Crippen molar-refractivity contribution in [1.82, 2.24) is 19.6 Å². The number of hydrogen-bond donors (Lipinski definition) is 2. The van der Waals surface area contributed by atoms with Crippen molar-refractivity contribution in [1.29, 1.82) is 0 Å². The molecule has 1 saturated heterocycles. The first-order valence-electron chi connectivity index (χ1n) is 12.3. The number of nitrogens with zero attached hydrogens (tertiary/aromatic N) is 5. The Morgan fingerprint density at radius 2 is 1.98 bits per heavy atom. The monoisotopic (exact) mass is 653 g/mol. The fourth-order valence-electron chi connectivity index (χ4n) is 3.75. The molecular weight excluding hydrogens is 630 g/mol. The number of esters is 2. The highest BCUT2D eigenvalue weighted by molar-refractivity contribution is 8.00. The largest absolute Gasteiger partial charge is 0.457 e. The number of non-ortho nitro benzene ring substituents is 1. The van der Waals surface area contributed by atoms with Gasteiger partial charge in [0.1, 0.15) is 29.3 Å². The van der Waals surface area contributed by atoms with E-state index in [1.807, 2.05) is 0 Å². The number of hydrogen-bond acceptors (Lipinski definition) is 15. The number of nitro groups is 1. The van der Waals surface area contributed by atoms with Crippen LogP contribution in [0.15, 0.2) is 40.2 Å². The summed E-state index contributed by atoms with van der Waals surface area (Å²) in [5.74, 6) is -3.21. The molecule has 3 heterocycles. The molecule has 2 aliphatic heterocycles. The minimum absolute atomic E-state index is 0.0352. The fraction of sp³-hybridized carbons (Fsp3) is 0.375. The molecule has 16 nitrogen and oxygen atoms in total. The average Bonchev–Trinajstić information content (AvgIpc) is 3.37. The number of carbonyl (C=O) groups excluding carboxylic acids is 4. The lowest BCUT2D eigenvalue weighted by atomic mass is 10.0. The van der Waals surface area contributed by atoms with Crippen molar-refractivity contribution in [2.45, 2.75) is 44.4 Å². The Balaban J connectivity index is 1.42. The number of nitrogens with one attached hydrogen (secondary N) is 1. The van der Waals surface area contributed by atoms with E-state index in [2.05, 4.69) is 19.8 Å². The molecule has 3 N–H and O–H groups in total. The van der Waals surface area contributed by atoms with Gasteiger partial charge in [0.15, 0.2) is 5.13 Å². The average molecular weight is 654 g/mol. The number of aromatic nitrogens is 2. The predicted molar refractivity (Wildman–Crippen MR) is 153 cm³/mol. The molecule has 43 heavy (non-hydrogen) atoms. The number of fused-ring (bicyclic) bond motifs is 1. The van der Waals surface area contributed by atoms with E-state index in [4.69, 9.17) is 31.6 Å². The third-order valence-electron chi connectivity index (χ3n) is 5.55. The van der Waals surface area contributed by atoms with Crippen LogP contribution in [0.5, 0.6) is 0 Å². The molecular formula is C24H24ClN7O9S2. The van der Waals surface area contributed by atoms with Gasteiger partial charge in [-0.15, -0.1) is 11.8 Å². The Hall–Kier alpha value is -4.29. The smallest absolute Gasteiger partial charge is 0.356 e. The lowest BCUT2D eigenvalue weighted by Gasteiger charge is -2.49. The van der Waals surface area contributed by atoms with Crippen LogP contribution in [0.3, 0.4) is 0 Å². The molecule has 0 aliphatic carbocycles. The summed E-state index contributed by atoms with van der Waals surface area (Å²) in [6.45, 7) is 4.17. The molecule has 0 radical (unpaired) electrons. The van der Waals surface area contributed by atoms with Gasteiger partial charge in [-0.25, -0.2) is 9.59 Å². The molecule has 4 rings (SSSR count). The van der Waals surface area contributed by atoms with E-state index in [0.29, 0.717) is 5.56 Å². The summed E-state index contributed by atoms with van der Waals surface area (Å²) in [4.78, 5) is 71.5. The van der Waals surface area contributed by atoms with Crippen LogP contribution >= 0.6 is 34.9 Å². The molecule has 1 fully saturated rings. The van der Waals surface area contributed by atoms with Gasteiger partial charge in [-0.1, -0.05) is 16.8 Å². The molecule has 1 unspecified atom stereocenters. The van der Waals surface area contributed by atoms with Crippen LogP contribution in [0, 0.1) is 10.1 Å². The fourth-order valence-corrected chi connectivity index (χ4v) is 5.73. The number of carbonyl (C=O) groups is 4. The lowest BCUT2D eigenvalue weighted by molar-refractivity contribution is -0.384. The molecule has 19 heteroatoms. The van der Waals surface area contributed by atoms with Crippen LogP contribution in [0.2, 0.25) is 0 Å². The number of amides is 2. The van der Waals surface area contributed by atoms with Crippen LogP contribution in [0.1, 0.15) is 32.2 Å². The van der Waals surface area contributed by atoms with E-state index in [1.54, 1.807) is 20.8 Å². The quantitative estimate of drug-likeness (QED) is 0.123. The van der Waals surface area contributed by atoms with E-state index in [9.17, 15) is 29.3 Å². The van der Waals surface area contributed by atoms with Gasteiger partial charge in [-0.05, 0) is 38.5 Å². The summed E-state index contributed by atoms with van der Waals surface area (Å²) >= 11 is 8.28. The summed E-state index contributed by atoms with van der Waals surface area (Å²) < 4.78 is 14.4. The van der Waals surface area contributed by atoms with Gasteiger partial charge in [0.25, 0.3) is 17.5 Å². The van der Waals surface area contributed by atoms with Crippen LogP contribution in [0.25, 0.3) is 0 Å². The highest BCUT2D eigenvalue weighted by atomic mass is 35.5. The summed E-state index contributed by atoms with van der Waals surface area (Å²) in [7, 11) is 0. The van der Waals surface area contributed by atoms with E-state index in [0.717, 1.165) is 16.4 Å². The molecule has 2 aromatic rings. The van der Waals surface area contributed by atoms with Gasteiger partial charge < -0.3 is 25.4 Å². The number of halogens is 1. The van der Waals surface area contributed by atoms with Crippen LogP contribution in [-0.2, 0) is 40.1 Å². The van der Waals surface area contributed by atoms with Gasteiger partial charge in [-0.3, -0.25) is 24.6 Å².